The van der Waals surface area contributed by atoms with E-state index in [1.54, 1.807) is 12.1 Å². The van der Waals surface area contributed by atoms with Crippen LogP contribution in [0.4, 0.5) is 0 Å². The van der Waals surface area contributed by atoms with Crippen LogP contribution in [0, 0.1) is 0 Å². The minimum atomic E-state index is -0.640. The van der Waals surface area contributed by atoms with E-state index >= 15 is 0 Å². The summed E-state index contributed by atoms with van der Waals surface area (Å²) in [4.78, 5) is 22.8. The minimum absolute atomic E-state index is 0.00949. The largest absolute Gasteiger partial charge is 0.465 e. The molecule has 0 saturated carbocycles. The molecule has 0 atom stereocenters. The monoisotopic (exact) mass is 224 g/mol. The highest BCUT2D eigenvalue weighted by atomic mass is 32.1. The second-order valence-corrected chi connectivity index (χ2v) is 3.44. The Labute approximate surface area is 90.9 Å². The van der Waals surface area contributed by atoms with Gasteiger partial charge in [-0.25, -0.2) is 0 Å². The zero-order chi connectivity index (χ0) is 10.8. The van der Waals surface area contributed by atoms with Gasteiger partial charge in [0.2, 0.25) is 0 Å². The molecule has 0 bridgehead atoms. The fourth-order valence-electron chi connectivity index (χ4n) is 1.19. The Kier molecular flexibility index (Phi) is 2.51. The van der Waals surface area contributed by atoms with Crippen molar-refractivity contribution < 1.29 is 14.0 Å². The van der Waals surface area contributed by atoms with Crippen molar-refractivity contribution in [2.24, 2.45) is 0 Å². The summed E-state index contributed by atoms with van der Waals surface area (Å²) in [7, 11) is 0. The van der Waals surface area contributed by atoms with E-state index in [0.29, 0.717) is 5.76 Å². The van der Waals surface area contributed by atoms with Crippen LogP contribution < -0.4 is 10.6 Å². The highest BCUT2D eigenvalue weighted by Gasteiger charge is 2.27. The number of hydrogen-bond acceptors (Lipinski definition) is 4. The molecule has 2 amide bonds. The fourth-order valence-corrected chi connectivity index (χ4v) is 1.42. The second-order valence-electron chi connectivity index (χ2n) is 2.92. The van der Waals surface area contributed by atoms with Crippen molar-refractivity contribution >= 4 is 30.5 Å². The van der Waals surface area contributed by atoms with Gasteiger partial charge in [-0.2, -0.15) is 0 Å². The van der Waals surface area contributed by atoms with E-state index < -0.39 is 17.3 Å². The Hall–Kier alpha value is -1.69. The van der Waals surface area contributed by atoms with Gasteiger partial charge in [-0.1, -0.05) is 0 Å². The molecule has 1 aromatic rings. The lowest BCUT2D eigenvalue weighted by Crippen LogP contribution is -2.52. The number of carbonyl (C=O) groups is 2. The van der Waals surface area contributed by atoms with Crippen LogP contribution in [0.25, 0.3) is 6.08 Å². The summed E-state index contributed by atoms with van der Waals surface area (Å²) in [5.74, 6) is -0.474. The van der Waals surface area contributed by atoms with Crippen LogP contribution in [0.1, 0.15) is 5.76 Å². The maximum atomic E-state index is 11.4. The van der Waals surface area contributed by atoms with Crippen LogP contribution in [0.3, 0.4) is 0 Å². The van der Waals surface area contributed by atoms with Gasteiger partial charge in [0.25, 0.3) is 11.8 Å². The number of hydrogen-bond donors (Lipinski definition) is 3. The zero-order valence-electron chi connectivity index (χ0n) is 7.56. The van der Waals surface area contributed by atoms with Gasteiger partial charge in [0.15, 0.2) is 0 Å². The van der Waals surface area contributed by atoms with E-state index in [9.17, 15) is 9.59 Å². The highest BCUT2D eigenvalue weighted by Crippen LogP contribution is 2.11. The SMILES string of the molecule is O=C1NC(S)NC(=O)C1=Cc1ccco1. The first-order chi connectivity index (χ1) is 7.16. The molecule has 1 fully saturated rings. The molecule has 15 heavy (non-hydrogen) atoms. The van der Waals surface area contributed by atoms with Crippen molar-refractivity contribution in [1.82, 2.24) is 10.6 Å². The molecule has 2 rings (SSSR count). The molecular weight excluding hydrogens is 216 g/mol. The van der Waals surface area contributed by atoms with E-state index in [4.69, 9.17) is 4.42 Å². The van der Waals surface area contributed by atoms with Gasteiger partial charge in [-0.05, 0) is 18.2 Å². The van der Waals surface area contributed by atoms with Crippen LogP contribution in [0.15, 0.2) is 28.4 Å². The molecule has 5 nitrogen and oxygen atoms in total. The van der Waals surface area contributed by atoms with E-state index in [-0.39, 0.29) is 5.57 Å². The molecule has 0 unspecified atom stereocenters. The van der Waals surface area contributed by atoms with E-state index in [1.165, 1.54) is 12.3 Å². The number of rotatable bonds is 1. The first-order valence-electron chi connectivity index (χ1n) is 4.22. The van der Waals surface area contributed by atoms with Crippen molar-refractivity contribution in [3.8, 4) is 0 Å². The van der Waals surface area contributed by atoms with Crippen molar-refractivity contribution in [3.63, 3.8) is 0 Å². The predicted molar refractivity (Wildman–Crippen MR) is 55.7 cm³/mol. The maximum Gasteiger partial charge on any atom is 0.259 e. The molecule has 2 heterocycles. The first kappa shape index (κ1) is 9.85. The van der Waals surface area contributed by atoms with Crippen LogP contribution in [-0.2, 0) is 9.59 Å². The summed E-state index contributed by atoms with van der Waals surface area (Å²) in [6, 6.07) is 3.33. The molecule has 0 spiro atoms. The summed E-state index contributed by atoms with van der Waals surface area (Å²) < 4.78 is 5.00. The number of thiol groups is 1. The van der Waals surface area contributed by atoms with Gasteiger partial charge < -0.3 is 15.1 Å². The molecule has 1 aromatic heterocycles. The van der Waals surface area contributed by atoms with Gasteiger partial charge in [0, 0.05) is 0 Å². The number of amides is 2. The lowest BCUT2D eigenvalue weighted by atomic mass is 10.1. The van der Waals surface area contributed by atoms with Crippen LogP contribution in [-0.4, -0.2) is 17.3 Å². The molecule has 1 aliphatic heterocycles. The molecule has 1 saturated heterocycles. The van der Waals surface area contributed by atoms with Gasteiger partial charge >= 0.3 is 0 Å². The normalized spacial score (nSPS) is 20.9. The standard InChI is InChI=1S/C9H8N2O3S/c12-7-6(4-5-2-1-3-14-5)8(13)11-9(15)10-7/h1-4,9,15H,(H,10,12)(H,11,13). The quantitative estimate of drug-likeness (QED) is 0.360. The predicted octanol–water partition coefficient (Wildman–Crippen LogP) is 0.122. The molecule has 0 aromatic carbocycles. The maximum absolute atomic E-state index is 11.4. The Bertz CT molecular complexity index is 405. The molecule has 0 aliphatic carbocycles. The highest BCUT2D eigenvalue weighted by molar-refractivity contribution is 7.80. The van der Waals surface area contributed by atoms with Crippen molar-refractivity contribution in [1.29, 1.82) is 0 Å². The summed E-state index contributed by atoms with van der Waals surface area (Å²) in [5.41, 5.74) is -0.631. The lowest BCUT2D eigenvalue weighted by Gasteiger charge is -2.21. The van der Waals surface area contributed by atoms with E-state index in [2.05, 4.69) is 23.3 Å². The second kappa shape index (κ2) is 3.82. The van der Waals surface area contributed by atoms with Gasteiger partial charge in [0.05, 0.1) is 6.26 Å². The van der Waals surface area contributed by atoms with Crippen molar-refractivity contribution in [3.05, 3.63) is 29.7 Å². The third kappa shape index (κ3) is 2.04. The first-order valence-corrected chi connectivity index (χ1v) is 4.73. The fraction of sp³-hybridized carbons (Fsp3) is 0.111. The smallest absolute Gasteiger partial charge is 0.259 e. The molecule has 0 radical (unpaired) electrons. The topological polar surface area (TPSA) is 71.3 Å². The summed E-state index contributed by atoms with van der Waals surface area (Å²) in [5, 5.41) is 4.91. The molecule has 6 heteroatoms. The Balaban J connectivity index is 2.28. The number of nitrogens with one attached hydrogen (secondary N) is 2. The van der Waals surface area contributed by atoms with E-state index in [1.807, 2.05) is 0 Å². The lowest BCUT2D eigenvalue weighted by molar-refractivity contribution is -0.126. The number of carbonyl (C=O) groups excluding carboxylic acids is 2. The molecule has 1 aliphatic rings. The average Bonchev–Trinajstić information content (AvgIpc) is 2.63. The molecular formula is C9H8N2O3S. The van der Waals surface area contributed by atoms with Crippen LogP contribution >= 0.6 is 12.6 Å². The van der Waals surface area contributed by atoms with Crippen LogP contribution in [0.5, 0.6) is 0 Å². The Morgan fingerprint density at radius 1 is 1.33 bits per heavy atom. The van der Waals surface area contributed by atoms with Crippen molar-refractivity contribution in [2.45, 2.75) is 5.50 Å². The summed E-state index contributed by atoms with van der Waals surface area (Å²) >= 11 is 3.92. The van der Waals surface area contributed by atoms with Gasteiger partial charge in [0.1, 0.15) is 16.8 Å². The molecule has 2 N–H and O–H groups in total. The Morgan fingerprint density at radius 2 is 2.00 bits per heavy atom. The average molecular weight is 224 g/mol. The molecule has 78 valence electrons. The number of furan rings is 1. The van der Waals surface area contributed by atoms with Gasteiger partial charge in [-0.15, -0.1) is 12.6 Å². The zero-order valence-corrected chi connectivity index (χ0v) is 8.45. The third-order valence-electron chi connectivity index (χ3n) is 1.85. The van der Waals surface area contributed by atoms with Gasteiger partial charge in [-0.3, -0.25) is 9.59 Å². The van der Waals surface area contributed by atoms with E-state index in [0.717, 1.165) is 0 Å². The van der Waals surface area contributed by atoms with Crippen LogP contribution in [0.2, 0.25) is 0 Å². The minimum Gasteiger partial charge on any atom is -0.465 e. The summed E-state index contributed by atoms with van der Waals surface area (Å²) in [6.45, 7) is 0. The summed E-state index contributed by atoms with van der Waals surface area (Å²) in [6.07, 6.45) is 2.84. The third-order valence-corrected chi connectivity index (χ3v) is 2.11. The van der Waals surface area contributed by atoms with Crippen molar-refractivity contribution in [2.75, 3.05) is 0 Å². The Morgan fingerprint density at radius 3 is 2.53 bits per heavy atom.